The lowest BCUT2D eigenvalue weighted by Gasteiger charge is -2.31. The number of unbranched alkanes of at least 4 members (excludes halogenated alkanes) is 1. The van der Waals surface area contributed by atoms with Crippen LogP contribution in [0.25, 0.3) is 11.8 Å². The predicted molar refractivity (Wildman–Crippen MR) is 280 cm³/mol. The molecule has 22 heteroatoms. The van der Waals surface area contributed by atoms with E-state index in [0.29, 0.717) is 70.5 Å². The molecular weight excluding hydrogens is 983 g/mol. The van der Waals surface area contributed by atoms with Crippen molar-refractivity contribution in [1.29, 1.82) is 0 Å². The van der Waals surface area contributed by atoms with Gasteiger partial charge in [-0.3, -0.25) is 19.2 Å². The van der Waals surface area contributed by atoms with E-state index in [1.165, 1.54) is 16.8 Å². The van der Waals surface area contributed by atoms with Crippen molar-refractivity contribution in [2.75, 3.05) is 38.7 Å². The first-order chi connectivity index (χ1) is 36.5. The number of aromatic nitrogens is 4. The van der Waals surface area contributed by atoms with Crippen molar-refractivity contribution in [3.63, 3.8) is 0 Å². The Hall–Kier alpha value is -8.53. The van der Waals surface area contributed by atoms with E-state index in [2.05, 4.69) is 36.5 Å². The third kappa shape index (κ3) is 12.7. The van der Waals surface area contributed by atoms with Gasteiger partial charge in [0.1, 0.15) is 18.0 Å². The number of hydrogen-bond acceptors (Lipinski definition) is 11. The number of nitrogens with zero attached hydrogens (tertiary/aromatic N) is 8. The second-order valence-electron chi connectivity index (χ2n) is 18.7. The number of carbonyl (C=O) groups is 4. The van der Waals surface area contributed by atoms with E-state index in [9.17, 15) is 19.2 Å². The van der Waals surface area contributed by atoms with E-state index in [1.54, 1.807) is 80.7 Å². The molecule has 394 valence electrons. The molecule has 76 heavy (non-hydrogen) atoms. The van der Waals surface area contributed by atoms with Crippen molar-refractivity contribution in [1.82, 2.24) is 35.4 Å². The van der Waals surface area contributed by atoms with Crippen LogP contribution in [0, 0.1) is 11.6 Å². The number of allylic oxidation sites excluding steroid dienone is 2. The highest BCUT2D eigenvalue weighted by Gasteiger charge is 2.52. The highest BCUT2D eigenvalue weighted by atomic mass is 19.2. The van der Waals surface area contributed by atoms with Crippen LogP contribution in [-0.4, -0.2) is 100.0 Å². The first-order valence-corrected chi connectivity index (χ1v) is 24.7. The number of azo groups is 1. The first-order valence-electron chi connectivity index (χ1n) is 24.7. The molecule has 0 unspecified atom stereocenters. The van der Waals surface area contributed by atoms with Gasteiger partial charge in [-0.15, -0.1) is 5.10 Å². The van der Waals surface area contributed by atoms with Crippen LogP contribution < -0.4 is 31.3 Å². The Labute approximate surface area is 436 Å². The molecule has 1 atom stereocenters. The van der Waals surface area contributed by atoms with Gasteiger partial charge in [0.05, 0.1) is 35.8 Å². The molecule has 2 aromatic heterocycles. The molecule has 0 saturated heterocycles. The second-order valence-corrected chi connectivity index (χ2v) is 18.7. The molecule has 0 bridgehead atoms. The van der Waals surface area contributed by atoms with Gasteiger partial charge in [0.2, 0.25) is 5.91 Å². The fourth-order valence-corrected chi connectivity index (χ4v) is 8.93. The molecule has 0 saturated carbocycles. The van der Waals surface area contributed by atoms with Crippen LogP contribution in [0.2, 0.25) is 0 Å². The van der Waals surface area contributed by atoms with Crippen molar-refractivity contribution in [3.05, 3.63) is 166 Å². The summed E-state index contributed by atoms with van der Waals surface area (Å²) < 4.78 is 71.1. The fraction of sp³-hybridized carbons (Fsp3) is 0.278. The number of anilines is 1. The molecule has 0 aliphatic carbocycles. The van der Waals surface area contributed by atoms with E-state index in [0.717, 1.165) is 32.4 Å². The summed E-state index contributed by atoms with van der Waals surface area (Å²) in [7, 11) is 3.89. The molecule has 0 radical (unpaired) electrons. The van der Waals surface area contributed by atoms with E-state index < -0.39 is 54.6 Å². The van der Waals surface area contributed by atoms with Crippen LogP contribution in [0.3, 0.4) is 0 Å². The minimum Gasteiger partial charge on any atom is -0.480 e. The van der Waals surface area contributed by atoms with Crippen molar-refractivity contribution in [2.45, 2.75) is 65.0 Å². The molecule has 2 aliphatic rings. The average Bonchev–Trinajstić information content (AvgIpc) is 4.16. The molecule has 4 aromatic carbocycles. The lowest BCUT2D eigenvalue weighted by molar-refractivity contribution is -0.362. The molecule has 2 aliphatic heterocycles. The summed E-state index contributed by atoms with van der Waals surface area (Å²) in [4.78, 5) is 54.8. The van der Waals surface area contributed by atoms with Gasteiger partial charge in [-0.1, -0.05) is 11.3 Å². The fourth-order valence-electron chi connectivity index (χ4n) is 8.93. The van der Waals surface area contributed by atoms with Crippen molar-refractivity contribution >= 4 is 59.3 Å². The number of hydrogen-bond donors (Lipinski definition) is 4. The minimum atomic E-state index is -4.15. The minimum absolute atomic E-state index is 0.00209. The number of rotatable bonds is 23. The quantitative estimate of drug-likeness (QED) is 0.0212. The third-order valence-corrected chi connectivity index (χ3v) is 12.9. The van der Waals surface area contributed by atoms with Gasteiger partial charge in [-0.05, 0) is 148 Å². The zero-order valence-corrected chi connectivity index (χ0v) is 42.4. The summed E-state index contributed by atoms with van der Waals surface area (Å²) in [6.45, 7) is -1.05. The lowest BCUT2D eigenvalue weighted by Crippen LogP contribution is -2.50. The van der Waals surface area contributed by atoms with Crippen LogP contribution in [0.5, 0.6) is 5.75 Å². The number of halogens is 4. The molecule has 5 N–H and O–H groups in total. The largest absolute Gasteiger partial charge is 0.737 e. The maximum absolute atomic E-state index is 15.8. The van der Waals surface area contributed by atoms with E-state index in [1.807, 2.05) is 43.3 Å². The van der Waals surface area contributed by atoms with Crippen LogP contribution in [0.1, 0.15) is 82.9 Å². The number of nitrogens with one attached hydrogen (secondary N) is 3. The van der Waals surface area contributed by atoms with E-state index in [4.69, 9.17) is 10.5 Å². The summed E-state index contributed by atoms with van der Waals surface area (Å²) in [5, 5.41) is 24.9. The van der Waals surface area contributed by atoms with Gasteiger partial charge in [-0.2, -0.15) is 10.2 Å². The number of nitrogens with two attached hydrogens (primary N) is 1. The average molecular weight is 1040 g/mol. The Balaban J connectivity index is 0.802. The number of Topliss-reactive ketones (excluding diaryl/α,β-unsaturated/α-hetero) is 1. The number of ether oxygens (including phenoxy) is 1. The highest BCUT2D eigenvalue weighted by Crippen LogP contribution is 2.36. The number of fused-ring (bicyclic) bond motifs is 2. The molecule has 6 aromatic rings. The number of ketones is 1. The normalized spacial score (nSPS) is 13.9. The lowest BCUT2D eigenvalue weighted by atomic mass is 9.89. The summed E-state index contributed by atoms with van der Waals surface area (Å²) >= 11 is 0. The molecule has 3 amide bonds. The molecule has 4 heterocycles. The summed E-state index contributed by atoms with van der Waals surface area (Å²) in [6, 6.07) is 24.7. The second kappa shape index (κ2) is 23.8. The van der Waals surface area contributed by atoms with E-state index >= 15 is 17.4 Å². The molecule has 8 rings (SSSR count). The zero-order chi connectivity index (χ0) is 54.1. The number of amides is 3. The number of benzene rings is 4. The summed E-state index contributed by atoms with van der Waals surface area (Å²) in [5.74, 6) is -4.88. The van der Waals surface area contributed by atoms with Crippen molar-refractivity contribution in [3.8, 4) is 11.4 Å². The van der Waals surface area contributed by atoms with Crippen molar-refractivity contribution in [2.24, 2.45) is 16.0 Å². The maximum Gasteiger partial charge on any atom is 0.737 e. The van der Waals surface area contributed by atoms with Crippen molar-refractivity contribution < 1.29 is 45.8 Å². The zero-order valence-electron chi connectivity index (χ0n) is 42.4. The summed E-state index contributed by atoms with van der Waals surface area (Å²) in [5.41, 5.74) is 11.9. The maximum atomic E-state index is 15.8. The molecule has 17 nitrogen and oxygen atoms in total. The number of carbonyl (C=O) groups excluding carboxylic acids is 4. The van der Waals surface area contributed by atoms with Gasteiger partial charge in [-0.25, -0.2) is 13.5 Å². The smallest absolute Gasteiger partial charge is 0.480 e. The van der Waals surface area contributed by atoms with Gasteiger partial charge >= 0.3 is 6.97 Å². The number of aryl methyl sites for hydroxylation is 1. The van der Waals surface area contributed by atoms with Gasteiger partial charge in [0.15, 0.2) is 28.9 Å². The Bertz CT molecular complexity index is 3250. The summed E-state index contributed by atoms with van der Waals surface area (Å²) in [6.07, 6.45) is 6.32. The Morgan fingerprint density at radius 3 is 2.25 bits per heavy atom. The molecule has 0 fully saturated rings. The Morgan fingerprint density at radius 1 is 0.842 bits per heavy atom. The van der Waals surface area contributed by atoms with Crippen LogP contribution >= 0.6 is 0 Å². The standard InChI is InChI=1S/C54H57BF4N12O5/c1-34-26-35(2)70-49(34)30-45-20-19-43(71(45)55(70,58)59)21-22-51(73)62-31-41-32-69(67-66-41)44-9-7-8-38(29-44)54(75)63-48(10-5-6-24-60)50(72)33-76-52-46(56)27-36(28-47(52)57)23-25-61-53(74)37-11-13-39(14-12-37)64-65-40-15-17-42(18-16-40)68(3)4/h7-9,11-20,26-30,32,48H,5-6,10,21-25,31,33,60H2,1-4H3,(H,61,74)(H,62,73)(H,63,75)/b65-64+/t48-/m0/s1. The monoisotopic (exact) mass is 1040 g/mol. The topological polar surface area (TPSA) is 206 Å². The Morgan fingerprint density at radius 2 is 1.55 bits per heavy atom. The first kappa shape index (κ1) is 53.8. The molecular formula is C54H57BF4N12O5. The third-order valence-electron chi connectivity index (χ3n) is 12.9. The predicted octanol–water partition coefficient (Wildman–Crippen LogP) is 7.94. The van der Waals surface area contributed by atoms with Gasteiger partial charge in [0.25, 0.3) is 11.8 Å². The van der Waals surface area contributed by atoms with E-state index in [-0.39, 0.29) is 55.8 Å². The van der Waals surface area contributed by atoms with Gasteiger partial charge < -0.3 is 48.9 Å². The SMILES string of the molecule is CC1=CC(C)=[N+]2C1=Cc1ccc(CCC(=O)NCc3cn(-c4cccc(C(=O)N[C@@H](CCCCN)C(=O)COc5c(F)cc(CCNC(=O)c6ccc(/N=N/c7ccc(N(C)C)cc7)cc6)cc5F)c4)nn3)n1[B-]2(F)F. The van der Waals surface area contributed by atoms with Crippen LogP contribution in [-0.2, 0) is 29.0 Å². The Kier molecular flexibility index (Phi) is 16.8. The van der Waals surface area contributed by atoms with Crippen LogP contribution in [0.4, 0.5) is 34.5 Å². The van der Waals surface area contributed by atoms with Crippen LogP contribution in [0.15, 0.2) is 131 Å². The highest BCUT2D eigenvalue weighted by molar-refractivity contribution is 6.58. The van der Waals surface area contributed by atoms with Gasteiger partial charge in [0, 0.05) is 74.2 Å². The molecule has 0 spiro atoms.